The lowest BCUT2D eigenvalue weighted by atomic mass is 10.1. The van der Waals surface area contributed by atoms with Crippen LogP contribution in [0, 0.1) is 0 Å². The average Bonchev–Trinajstić information content (AvgIpc) is 3.18. The van der Waals surface area contributed by atoms with Crippen LogP contribution in [0.3, 0.4) is 0 Å². The first-order valence-corrected chi connectivity index (χ1v) is 7.99. The summed E-state index contributed by atoms with van der Waals surface area (Å²) in [7, 11) is 0. The van der Waals surface area contributed by atoms with Crippen LogP contribution in [0.25, 0.3) is 0 Å². The van der Waals surface area contributed by atoms with E-state index >= 15 is 0 Å². The van der Waals surface area contributed by atoms with E-state index in [1.165, 1.54) is 0 Å². The first kappa shape index (κ1) is 15.0. The van der Waals surface area contributed by atoms with Crippen molar-refractivity contribution in [2.24, 2.45) is 0 Å². The van der Waals surface area contributed by atoms with Gasteiger partial charge in [0.05, 0.1) is 6.10 Å². The lowest BCUT2D eigenvalue weighted by Gasteiger charge is -2.15. The van der Waals surface area contributed by atoms with Gasteiger partial charge in [-0.05, 0) is 37.0 Å². The van der Waals surface area contributed by atoms with Crippen LogP contribution in [-0.4, -0.2) is 42.5 Å². The number of hydrogen-bond donors (Lipinski definition) is 1. The summed E-state index contributed by atoms with van der Waals surface area (Å²) in [6.07, 6.45) is 3.85. The van der Waals surface area contributed by atoms with Crippen molar-refractivity contribution in [2.75, 3.05) is 19.7 Å². The Hall–Kier alpha value is -1.88. The zero-order chi connectivity index (χ0) is 15.4. The first-order valence-electron chi connectivity index (χ1n) is 7.99. The van der Waals surface area contributed by atoms with Crippen molar-refractivity contribution in [3.8, 4) is 0 Å². The summed E-state index contributed by atoms with van der Waals surface area (Å²) in [6, 6.07) is 7.49. The fourth-order valence-corrected chi connectivity index (χ4v) is 2.97. The van der Waals surface area contributed by atoms with E-state index in [0.717, 1.165) is 38.0 Å². The van der Waals surface area contributed by atoms with Gasteiger partial charge >= 0.3 is 0 Å². The van der Waals surface area contributed by atoms with Crippen LogP contribution in [0.1, 0.15) is 41.6 Å². The number of nitrogens with zero attached hydrogens (tertiary/aromatic N) is 1. The molecule has 1 unspecified atom stereocenters. The molecule has 2 heterocycles. The smallest absolute Gasteiger partial charge is 0.251 e. The Kier molecular flexibility index (Phi) is 4.73. The molecule has 3 rings (SSSR count). The Balaban J connectivity index is 1.51. The van der Waals surface area contributed by atoms with Gasteiger partial charge in [0.15, 0.2) is 0 Å². The van der Waals surface area contributed by atoms with Gasteiger partial charge in [-0.15, -0.1) is 0 Å². The van der Waals surface area contributed by atoms with Gasteiger partial charge in [0, 0.05) is 38.2 Å². The Labute approximate surface area is 130 Å². The molecule has 0 radical (unpaired) electrons. The van der Waals surface area contributed by atoms with E-state index in [-0.39, 0.29) is 17.9 Å². The lowest BCUT2D eigenvalue weighted by Crippen LogP contribution is -2.31. The van der Waals surface area contributed by atoms with Crippen LogP contribution >= 0.6 is 0 Å². The Morgan fingerprint density at radius 1 is 1.27 bits per heavy atom. The van der Waals surface area contributed by atoms with E-state index < -0.39 is 0 Å². The highest BCUT2D eigenvalue weighted by atomic mass is 16.5. The van der Waals surface area contributed by atoms with Gasteiger partial charge < -0.3 is 15.0 Å². The second-order valence-electron chi connectivity index (χ2n) is 5.96. The van der Waals surface area contributed by atoms with Gasteiger partial charge in [-0.1, -0.05) is 12.1 Å². The van der Waals surface area contributed by atoms with E-state index in [2.05, 4.69) is 5.32 Å². The van der Waals surface area contributed by atoms with Crippen LogP contribution in [-0.2, 0) is 16.1 Å². The number of carbonyl (C=O) groups is 2. The molecule has 1 aromatic rings. The molecular weight excluding hydrogens is 280 g/mol. The predicted octanol–water partition coefficient (Wildman–Crippen LogP) is 1.72. The van der Waals surface area contributed by atoms with Crippen molar-refractivity contribution in [1.29, 1.82) is 0 Å². The molecule has 1 aromatic carbocycles. The topological polar surface area (TPSA) is 58.6 Å². The molecule has 0 aromatic heterocycles. The highest BCUT2D eigenvalue weighted by Crippen LogP contribution is 2.15. The number of likely N-dealkylation sites (tertiary alicyclic amines) is 1. The largest absolute Gasteiger partial charge is 0.376 e. The molecule has 2 saturated heterocycles. The van der Waals surface area contributed by atoms with Gasteiger partial charge in [-0.2, -0.15) is 0 Å². The van der Waals surface area contributed by atoms with Crippen LogP contribution in [0.15, 0.2) is 24.3 Å². The zero-order valence-corrected chi connectivity index (χ0v) is 12.7. The second-order valence-corrected chi connectivity index (χ2v) is 5.96. The molecule has 5 heteroatoms. The van der Waals surface area contributed by atoms with Crippen molar-refractivity contribution < 1.29 is 14.3 Å². The van der Waals surface area contributed by atoms with Gasteiger partial charge in [0.2, 0.25) is 5.91 Å². The third kappa shape index (κ3) is 3.65. The maximum atomic E-state index is 12.1. The summed E-state index contributed by atoms with van der Waals surface area (Å²) in [6.45, 7) is 2.84. The fourth-order valence-electron chi connectivity index (χ4n) is 2.97. The fraction of sp³-hybridized carbons (Fsp3) is 0.529. The average molecular weight is 302 g/mol. The Morgan fingerprint density at radius 3 is 2.73 bits per heavy atom. The number of ether oxygens (including phenoxy) is 1. The summed E-state index contributed by atoms with van der Waals surface area (Å²) in [4.78, 5) is 25.6. The maximum absolute atomic E-state index is 12.1. The van der Waals surface area contributed by atoms with Gasteiger partial charge in [-0.25, -0.2) is 0 Å². The van der Waals surface area contributed by atoms with E-state index in [4.69, 9.17) is 4.74 Å². The summed E-state index contributed by atoms with van der Waals surface area (Å²) in [5.74, 6) is 0.151. The minimum Gasteiger partial charge on any atom is -0.376 e. The molecule has 5 nitrogen and oxygen atoms in total. The molecule has 0 saturated carbocycles. The minimum atomic E-state index is -0.0701. The van der Waals surface area contributed by atoms with E-state index in [1.54, 1.807) is 0 Å². The van der Waals surface area contributed by atoms with Crippen LogP contribution in [0.5, 0.6) is 0 Å². The number of benzene rings is 1. The number of hydrogen-bond acceptors (Lipinski definition) is 3. The highest BCUT2D eigenvalue weighted by molar-refractivity contribution is 5.94. The third-order valence-electron chi connectivity index (χ3n) is 4.28. The highest BCUT2D eigenvalue weighted by Gasteiger charge is 2.20. The molecule has 2 aliphatic rings. The third-order valence-corrected chi connectivity index (χ3v) is 4.28. The van der Waals surface area contributed by atoms with E-state index in [9.17, 15) is 9.59 Å². The zero-order valence-electron chi connectivity index (χ0n) is 12.7. The number of nitrogens with one attached hydrogen (secondary N) is 1. The quantitative estimate of drug-likeness (QED) is 0.901. The lowest BCUT2D eigenvalue weighted by molar-refractivity contribution is -0.128. The van der Waals surface area contributed by atoms with Crippen LogP contribution in [0.4, 0.5) is 0 Å². The molecule has 22 heavy (non-hydrogen) atoms. The molecule has 2 fully saturated rings. The minimum absolute atomic E-state index is 0.0701. The summed E-state index contributed by atoms with van der Waals surface area (Å²) < 4.78 is 5.49. The molecule has 2 amide bonds. The molecular formula is C17H22N2O3. The SMILES string of the molecule is O=C(NCC1CCCO1)c1ccc(CN2CCCC2=O)cc1. The van der Waals surface area contributed by atoms with Gasteiger partial charge in [-0.3, -0.25) is 9.59 Å². The normalized spacial score (nSPS) is 21.4. The summed E-state index contributed by atoms with van der Waals surface area (Å²) in [5.41, 5.74) is 1.71. The number of amides is 2. The van der Waals surface area contributed by atoms with Crippen LogP contribution < -0.4 is 5.32 Å². The van der Waals surface area contributed by atoms with Gasteiger partial charge in [0.25, 0.3) is 5.91 Å². The first-order chi connectivity index (χ1) is 10.7. The van der Waals surface area contributed by atoms with Crippen molar-refractivity contribution >= 4 is 11.8 Å². The standard InChI is InChI=1S/C17H22N2O3/c20-16-4-1-9-19(16)12-13-5-7-14(8-6-13)17(21)18-11-15-3-2-10-22-15/h5-8,15H,1-4,9-12H2,(H,18,21). The number of rotatable bonds is 5. The van der Waals surface area contributed by atoms with E-state index in [0.29, 0.717) is 25.1 Å². The summed E-state index contributed by atoms with van der Waals surface area (Å²) >= 11 is 0. The Bertz CT molecular complexity index is 535. The predicted molar refractivity (Wildman–Crippen MR) is 82.4 cm³/mol. The monoisotopic (exact) mass is 302 g/mol. The van der Waals surface area contributed by atoms with Gasteiger partial charge in [0.1, 0.15) is 0 Å². The van der Waals surface area contributed by atoms with Crippen molar-refractivity contribution in [3.05, 3.63) is 35.4 Å². The van der Waals surface area contributed by atoms with Crippen molar-refractivity contribution in [2.45, 2.75) is 38.3 Å². The Morgan fingerprint density at radius 2 is 2.09 bits per heavy atom. The van der Waals surface area contributed by atoms with Crippen molar-refractivity contribution in [3.63, 3.8) is 0 Å². The molecule has 2 aliphatic heterocycles. The summed E-state index contributed by atoms with van der Waals surface area (Å²) in [5, 5.41) is 2.91. The second kappa shape index (κ2) is 6.92. The van der Waals surface area contributed by atoms with Crippen LogP contribution in [0.2, 0.25) is 0 Å². The van der Waals surface area contributed by atoms with E-state index in [1.807, 2.05) is 29.2 Å². The molecule has 1 atom stereocenters. The van der Waals surface area contributed by atoms with Crippen molar-refractivity contribution in [1.82, 2.24) is 10.2 Å². The molecule has 0 spiro atoms. The molecule has 118 valence electrons. The molecule has 0 aliphatic carbocycles. The number of carbonyl (C=O) groups excluding carboxylic acids is 2. The molecule has 0 bridgehead atoms. The molecule has 1 N–H and O–H groups in total. The maximum Gasteiger partial charge on any atom is 0.251 e.